The highest BCUT2D eigenvalue weighted by molar-refractivity contribution is 5.89. The van der Waals surface area contributed by atoms with Gasteiger partial charge in [-0.2, -0.15) is 4.98 Å². The second-order valence-electron chi connectivity index (χ2n) is 7.27. The van der Waals surface area contributed by atoms with Crippen LogP contribution in [0.5, 0.6) is 5.75 Å². The van der Waals surface area contributed by atoms with E-state index in [1.165, 1.54) is 5.56 Å². The number of nitrogens with zero attached hydrogens (tertiary/aromatic N) is 3. The Morgan fingerprint density at radius 1 is 1.17 bits per heavy atom. The molecule has 2 amide bonds. The molecule has 1 N–H and O–H groups in total. The minimum absolute atomic E-state index is 0.153. The zero-order chi connectivity index (χ0) is 20.4. The lowest BCUT2D eigenvalue weighted by Crippen LogP contribution is -2.34. The summed E-state index contributed by atoms with van der Waals surface area (Å²) < 4.78 is 10.7. The number of ether oxygens (including phenoxy) is 1. The maximum Gasteiger partial charge on any atom is 0.322 e. The number of nitrogens with one attached hydrogen (secondary N) is 1. The largest absolute Gasteiger partial charge is 0.497 e. The van der Waals surface area contributed by atoms with E-state index in [1.807, 2.05) is 56.3 Å². The molecule has 7 nitrogen and oxygen atoms in total. The van der Waals surface area contributed by atoms with Crippen LogP contribution in [-0.2, 0) is 0 Å². The normalized spacial score (nSPS) is 16.1. The van der Waals surface area contributed by atoms with Crippen LogP contribution in [0.1, 0.15) is 35.9 Å². The Labute approximate surface area is 169 Å². The number of urea groups is 1. The number of hydrogen-bond acceptors (Lipinski definition) is 5. The van der Waals surface area contributed by atoms with Crippen molar-refractivity contribution >= 4 is 11.7 Å². The topological polar surface area (TPSA) is 80.5 Å². The van der Waals surface area contributed by atoms with Crippen LogP contribution < -0.4 is 10.1 Å². The van der Waals surface area contributed by atoms with E-state index in [-0.39, 0.29) is 12.1 Å². The maximum absolute atomic E-state index is 12.9. The molecule has 29 heavy (non-hydrogen) atoms. The quantitative estimate of drug-likeness (QED) is 0.694. The van der Waals surface area contributed by atoms with Gasteiger partial charge in [0, 0.05) is 17.8 Å². The molecule has 7 heteroatoms. The van der Waals surface area contributed by atoms with Crippen LogP contribution in [-0.4, -0.2) is 34.7 Å². The molecule has 0 bridgehead atoms. The number of carbonyl (C=O) groups is 1. The zero-order valence-electron chi connectivity index (χ0n) is 16.8. The van der Waals surface area contributed by atoms with Gasteiger partial charge in [0.2, 0.25) is 11.7 Å². The Bertz CT molecular complexity index is 1010. The van der Waals surface area contributed by atoms with Gasteiger partial charge < -0.3 is 19.5 Å². The summed E-state index contributed by atoms with van der Waals surface area (Å²) in [5.41, 5.74) is 3.96. The van der Waals surface area contributed by atoms with Gasteiger partial charge in [-0.1, -0.05) is 11.2 Å². The van der Waals surface area contributed by atoms with Gasteiger partial charge in [-0.3, -0.25) is 0 Å². The lowest BCUT2D eigenvalue weighted by Gasteiger charge is -2.22. The fourth-order valence-corrected chi connectivity index (χ4v) is 3.51. The molecule has 1 aliphatic heterocycles. The first kappa shape index (κ1) is 19.0. The van der Waals surface area contributed by atoms with E-state index in [2.05, 4.69) is 15.5 Å². The van der Waals surface area contributed by atoms with E-state index in [0.717, 1.165) is 35.4 Å². The standard InChI is InChI=1S/C22H24N4O3/c1-14-6-9-17(13-15(14)2)23-22(27)26-12-4-5-19(26)21-24-20(25-29-21)16-7-10-18(28-3)11-8-16/h6-11,13,19H,4-5,12H2,1-3H3,(H,23,27)/t19-/m0/s1. The number of aromatic nitrogens is 2. The number of hydrogen-bond donors (Lipinski definition) is 1. The third-order valence-electron chi connectivity index (χ3n) is 5.35. The Kier molecular flexibility index (Phi) is 5.20. The van der Waals surface area contributed by atoms with E-state index >= 15 is 0 Å². The van der Waals surface area contributed by atoms with Crippen molar-refractivity contribution in [2.45, 2.75) is 32.7 Å². The summed E-state index contributed by atoms with van der Waals surface area (Å²) in [6, 6.07) is 13.0. The number of likely N-dealkylation sites (tertiary alicyclic amines) is 1. The van der Waals surface area contributed by atoms with Gasteiger partial charge in [0.1, 0.15) is 11.8 Å². The number of benzene rings is 2. The summed E-state index contributed by atoms with van der Waals surface area (Å²) in [7, 11) is 1.62. The van der Waals surface area contributed by atoms with Crippen molar-refractivity contribution in [1.29, 1.82) is 0 Å². The second-order valence-corrected chi connectivity index (χ2v) is 7.27. The maximum atomic E-state index is 12.9. The molecule has 0 saturated carbocycles. The first-order valence-electron chi connectivity index (χ1n) is 9.68. The summed E-state index contributed by atoms with van der Waals surface area (Å²) in [6.07, 6.45) is 1.69. The predicted octanol–water partition coefficient (Wildman–Crippen LogP) is 4.73. The monoisotopic (exact) mass is 392 g/mol. The number of rotatable bonds is 4. The molecule has 0 spiro atoms. The van der Waals surface area contributed by atoms with Crippen molar-refractivity contribution in [2.24, 2.45) is 0 Å². The minimum Gasteiger partial charge on any atom is -0.497 e. The second kappa shape index (κ2) is 7.95. The number of anilines is 1. The van der Waals surface area contributed by atoms with Crippen LogP contribution in [0.15, 0.2) is 47.0 Å². The first-order valence-corrected chi connectivity index (χ1v) is 9.68. The molecule has 150 valence electrons. The molecular weight excluding hydrogens is 368 g/mol. The van der Waals surface area contributed by atoms with Gasteiger partial charge in [0.25, 0.3) is 0 Å². The lowest BCUT2D eigenvalue weighted by molar-refractivity contribution is 0.193. The Hall–Kier alpha value is -3.35. The van der Waals surface area contributed by atoms with Crippen LogP contribution in [0, 0.1) is 13.8 Å². The highest BCUT2D eigenvalue weighted by Crippen LogP contribution is 2.33. The Balaban J connectivity index is 1.49. The molecule has 3 aromatic rings. The fraction of sp³-hybridized carbons (Fsp3) is 0.318. The summed E-state index contributed by atoms with van der Waals surface area (Å²) in [4.78, 5) is 19.2. The van der Waals surface area contributed by atoms with E-state index in [0.29, 0.717) is 18.3 Å². The number of aryl methyl sites for hydroxylation is 2. The number of methoxy groups -OCH3 is 1. The molecule has 1 fully saturated rings. The molecule has 2 heterocycles. The van der Waals surface area contributed by atoms with Crippen molar-refractivity contribution in [3.05, 3.63) is 59.5 Å². The fourth-order valence-electron chi connectivity index (χ4n) is 3.51. The Morgan fingerprint density at radius 3 is 2.69 bits per heavy atom. The van der Waals surface area contributed by atoms with E-state index in [1.54, 1.807) is 12.0 Å². The molecule has 0 aliphatic carbocycles. The van der Waals surface area contributed by atoms with E-state index in [9.17, 15) is 4.79 Å². The summed E-state index contributed by atoms with van der Waals surface area (Å²) in [6.45, 7) is 4.73. The van der Waals surface area contributed by atoms with Crippen molar-refractivity contribution in [2.75, 3.05) is 19.0 Å². The SMILES string of the molecule is COc1ccc(-c2noc([C@@H]3CCCN3C(=O)Nc3ccc(C)c(C)c3)n2)cc1. The minimum atomic E-state index is -0.221. The Morgan fingerprint density at radius 2 is 1.97 bits per heavy atom. The third kappa shape index (κ3) is 3.94. The highest BCUT2D eigenvalue weighted by atomic mass is 16.5. The molecule has 2 aromatic carbocycles. The van der Waals surface area contributed by atoms with Crippen molar-refractivity contribution in [3.63, 3.8) is 0 Å². The van der Waals surface area contributed by atoms with Gasteiger partial charge in [-0.05, 0) is 74.2 Å². The van der Waals surface area contributed by atoms with Gasteiger partial charge in [0.15, 0.2) is 0 Å². The van der Waals surface area contributed by atoms with Crippen LogP contribution in [0.4, 0.5) is 10.5 Å². The van der Waals surface area contributed by atoms with Crippen molar-refractivity contribution < 1.29 is 14.1 Å². The summed E-state index contributed by atoms with van der Waals surface area (Å²) in [5.74, 6) is 1.73. The number of carbonyl (C=O) groups excluding carboxylic acids is 1. The summed E-state index contributed by atoms with van der Waals surface area (Å²) in [5, 5.41) is 7.09. The average Bonchev–Trinajstić information content (AvgIpc) is 3.40. The molecule has 4 rings (SSSR count). The van der Waals surface area contributed by atoms with Crippen LogP contribution in [0.2, 0.25) is 0 Å². The van der Waals surface area contributed by atoms with E-state index < -0.39 is 0 Å². The predicted molar refractivity (Wildman–Crippen MR) is 110 cm³/mol. The van der Waals surface area contributed by atoms with Crippen molar-refractivity contribution in [3.8, 4) is 17.1 Å². The first-order chi connectivity index (χ1) is 14.0. The van der Waals surface area contributed by atoms with Gasteiger partial charge in [0.05, 0.1) is 7.11 Å². The zero-order valence-corrected chi connectivity index (χ0v) is 16.8. The molecule has 1 atom stereocenters. The molecule has 0 unspecified atom stereocenters. The molecule has 0 radical (unpaired) electrons. The van der Waals surface area contributed by atoms with Gasteiger partial charge in [-0.25, -0.2) is 4.79 Å². The van der Waals surface area contributed by atoms with Crippen LogP contribution >= 0.6 is 0 Å². The molecular formula is C22H24N4O3. The average molecular weight is 392 g/mol. The van der Waals surface area contributed by atoms with Crippen molar-refractivity contribution in [1.82, 2.24) is 15.0 Å². The third-order valence-corrected chi connectivity index (χ3v) is 5.35. The molecule has 1 saturated heterocycles. The smallest absolute Gasteiger partial charge is 0.322 e. The van der Waals surface area contributed by atoms with Crippen LogP contribution in [0.3, 0.4) is 0 Å². The van der Waals surface area contributed by atoms with Gasteiger partial charge in [-0.15, -0.1) is 0 Å². The van der Waals surface area contributed by atoms with Gasteiger partial charge >= 0.3 is 6.03 Å². The molecule has 1 aliphatic rings. The highest BCUT2D eigenvalue weighted by Gasteiger charge is 2.34. The van der Waals surface area contributed by atoms with Crippen LogP contribution in [0.25, 0.3) is 11.4 Å². The lowest BCUT2D eigenvalue weighted by atomic mass is 10.1. The van der Waals surface area contributed by atoms with E-state index in [4.69, 9.17) is 9.26 Å². The molecule has 1 aromatic heterocycles. The summed E-state index contributed by atoms with van der Waals surface area (Å²) >= 11 is 0. The number of amides is 2.